The molecule has 0 heterocycles. The smallest absolute Gasteiger partial charge is 0.314 e. The van der Waals surface area contributed by atoms with Crippen molar-refractivity contribution < 1.29 is 14.7 Å². The molecule has 1 atom stereocenters. The van der Waals surface area contributed by atoms with E-state index in [9.17, 15) is 14.7 Å². The molecule has 0 saturated heterocycles. The van der Waals surface area contributed by atoms with Crippen LogP contribution in [0.15, 0.2) is 30.3 Å². The summed E-state index contributed by atoms with van der Waals surface area (Å²) < 4.78 is 0. The van der Waals surface area contributed by atoms with E-state index in [2.05, 4.69) is 0 Å². The molecular weight excluding hydrogens is 266 g/mol. The molecule has 1 unspecified atom stereocenters. The second-order valence-electron chi connectivity index (χ2n) is 5.86. The number of carbonyl (C=O) groups is 2. The fourth-order valence-electron chi connectivity index (χ4n) is 2.42. The van der Waals surface area contributed by atoms with Gasteiger partial charge in [-0.25, -0.2) is 0 Å². The van der Waals surface area contributed by atoms with E-state index in [1.807, 2.05) is 26.8 Å². The van der Waals surface area contributed by atoms with Crippen LogP contribution in [0.1, 0.15) is 46.1 Å². The van der Waals surface area contributed by atoms with Crippen LogP contribution >= 0.6 is 0 Å². The molecule has 1 amide bonds. The Morgan fingerprint density at radius 2 is 1.81 bits per heavy atom. The van der Waals surface area contributed by atoms with Crippen LogP contribution in [0.2, 0.25) is 0 Å². The van der Waals surface area contributed by atoms with E-state index in [0.717, 1.165) is 6.42 Å². The number of benzene rings is 1. The Morgan fingerprint density at radius 3 is 2.24 bits per heavy atom. The van der Waals surface area contributed by atoms with E-state index < -0.39 is 11.4 Å². The normalized spacial score (nSPS) is 13.8. The van der Waals surface area contributed by atoms with Gasteiger partial charge in [-0.05, 0) is 32.8 Å². The van der Waals surface area contributed by atoms with Crippen molar-refractivity contribution in [2.24, 2.45) is 0 Å². The minimum Gasteiger partial charge on any atom is -0.481 e. The molecule has 1 aromatic carbocycles. The third kappa shape index (κ3) is 4.06. The Bertz CT molecular complexity index is 484. The van der Waals surface area contributed by atoms with E-state index >= 15 is 0 Å². The van der Waals surface area contributed by atoms with Gasteiger partial charge in [-0.15, -0.1) is 0 Å². The number of carboxylic acids is 1. The van der Waals surface area contributed by atoms with Crippen LogP contribution in [0.4, 0.5) is 0 Å². The number of carbonyl (C=O) groups excluding carboxylic acids is 1. The Hall–Kier alpha value is -1.84. The SMILES string of the molecule is CCCN(C(=O)CC(C)(C(=O)O)c1ccccc1)C(C)C. The summed E-state index contributed by atoms with van der Waals surface area (Å²) in [4.78, 5) is 26.0. The minimum absolute atomic E-state index is 0.0233. The number of hydrogen-bond donors (Lipinski definition) is 1. The van der Waals surface area contributed by atoms with Crippen molar-refractivity contribution in [1.82, 2.24) is 4.90 Å². The first kappa shape index (κ1) is 17.2. The van der Waals surface area contributed by atoms with Crippen LogP contribution in [0.5, 0.6) is 0 Å². The molecule has 0 aromatic heterocycles. The Labute approximate surface area is 126 Å². The van der Waals surface area contributed by atoms with Crippen molar-refractivity contribution in [2.75, 3.05) is 6.54 Å². The van der Waals surface area contributed by atoms with E-state index in [4.69, 9.17) is 0 Å². The van der Waals surface area contributed by atoms with Gasteiger partial charge >= 0.3 is 5.97 Å². The molecular formula is C17H25NO3. The molecule has 1 aromatic rings. The lowest BCUT2D eigenvalue weighted by Crippen LogP contribution is -2.43. The van der Waals surface area contributed by atoms with E-state index in [-0.39, 0.29) is 18.4 Å². The van der Waals surface area contributed by atoms with E-state index in [1.54, 1.807) is 36.1 Å². The first-order chi connectivity index (χ1) is 9.82. The topological polar surface area (TPSA) is 57.6 Å². The van der Waals surface area contributed by atoms with Gasteiger partial charge in [0.1, 0.15) is 0 Å². The molecule has 1 N–H and O–H groups in total. The summed E-state index contributed by atoms with van der Waals surface area (Å²) in [6, 6.07) is 9.04. The third-order valence-corrected chi connectivity index (χ3v) is 3.80. The lowest BCUT2D eigenvalue weighted by atomic mass is 9.79. The summed E-state index contributed by atoms with van der Waals surface area (Å²) in [5.74, 6) is -1.08. The van der Waals surface area contributed by atoms with Gasteiger partial charge < -0.3 is 10.0 Å². The molecule has 21 heavy (non-hydrogen) atoms. The molecule has 0 spiro atoms. The number of carboxylic acid groups (broad SMARTS) is 1. The molecule has 1 rings (SSSR count). The fourth-order valence-corrected chi connectivity index (χ4v) is 2.42. The Morgan fingerprint density at radius 1 is 1.24 bits per heavy atom. The molecule has 0 fully saturated rings. The summed E-state index contributed by atoms with van der Waals surface area (Å²) in [7, 11) is 0. The lowest BCUT2D eigenvalue weighted by molar-refractivity contribution is -0.148. The van der Waals surface area contributed by atoms with Gasteiger partial charge in [0.15, 0.2) is 0 Å². The monoisotopic (exact) mass is 291 g/mol. The van der Waals surface area contributed by atoms with Gasteiger partial charge in [-0.2, -0.15) is 0 Å². The van der Waals surface area contributed by atoms with E-state index in [1.165, 1.54) is 0 Å². The maximum absolute atomic E-state index is 12.5. The van der Waals surface area contributed by atoms with Crippen molar-refractivity contribution in [2.45, 2.75) is 52.0 Å². The molecule has 0 aliphatic rings. The maximum atomic E-state index is 12.5. The standard InChI is InChI=1S/C17H25NO3/c1-5-11-18(13(2)3)15(19)12-17(4,16(20)21)14-9-7-6-8-10-14/h6-10,13H,5,11-12H2,1-4H3,(H,20,21). The second kappa shape index (κ2) is 7.25. The van der Waals surface area contributed by atoms with Crippen LogP contribution in [0.25, 0.3) is 0 Å². The van der Waals surface area contributed by atoms with Crippen LogP contribution in [-0.2, 0) is 15.0 Å². The summed E-state index contributed by atoms with van der Waals surface area (Å²) in [5.41, 5.74) is -0.537. The van der Waals surface area contributed by atoms with Crippen LogP contribution in [-0.4, -0.2) is 34.5 Å². The zero-order chi connectivity index (χ0) is 16.0. The molecule has 0 aliphatic carbocycles. The highest BCUT2D eigenvalue weighted by molar-refractivity contribution is 5.89. The van der Waals surface area contributed by atoms with Gasteiger partial charge in [-0.3, -0.25) is 9.59 Å². The van der Waals surface area contributed by atoms with Crippen molar-refractivity contribution in [3.8, 4) is 0 Å². The number of hydrogen-bond acceptors (Lipinski definition) is 2. The first-order valence-corrected chi connectivity index (χ1v) is 7.41. The Kier molecular flexibility index (Phi) is 5.94. The van der Waals surface area contributed by atoms with Crippen molar-refractivity contribution >= 4 is 11.9 Å². The highest BCUT2D eigenvalue weighted by atomic mass is 16.4. The summed E-state index contributed by atoms with van der Waals surface area (Å²) in [6.45, 7) is 8.19. The second-order valence-corrected chi connectivity index (χ2v) is 5.86. The molecule has 0 saturated carbocycles. The number of rotatable bonds is 7. The molecule has 4 nitrogen and oxygen atoms in total. The predicted octanol–water partition coefficient (Wildman–Crippen LogP) is 3.07. The first-order valence-electron chi connectivity index (χ1n) is 7.41. The predicted molar refractivity (Wildman–Crippen MR) is 83.2 cm³/mol. The molecule has 0 bridgehead atoms. The van der Waals surface area contributed by atoms with Crippen LogP contribution < -0.4 is 0 Å². The molecule has 0 radical (unpaired) electrons. The average Bonchev–Trinajstić information content (AvgIpc) is 2.44. The molecule has 0 aliphatic heterocycles. The van der Waals surface area contributed by atoms with Gasteiger partial charge in [0.2, 0.25) is 5.91 Å². The van der Waals surface area contributed by atoms with Crippen molar-refractivity contribution in [3.63, 3.8) is 0 Å². The zero-order valence-corrected chi connectivity index (χ0v) is 13.3. The summed E-state index contributed by atoms with van der Waals surface area (Å²) in [5, 5.41) is 9.61. The number of amides is 1. The third-order valence-electron chi connectivity index (χ3n) is 3.80. The number of aliphatic carboxylic acids is 1. The van der Waals surface area contributed by atoms with Gasteiger partial charge in [0.05, 0.1) is 5.41 Å². The fraction of sp³-hybridized carbons (Fsp3) is 0.529. The number of nitrogens with zero attached hydrogens (tertiary/aromatic N) is 1. The van der Waals surface area contributed by atoms with Gasteiger partial charge in [0, 0.05) is 19.0 Å². The zero-order valence-electron chi connectivity index (χ0n) is 13.3. The molecule has 116 valence electrons. The maximum Gasteiger partial charge on any atom is 0.314 e. The summed E-state index contributed by atoms with van der Waals surface area (Å²) in [6.07, 6.45) is 0.837. The Balaban J connectivity index is 3.03. The van der Waals surface area contributed by atoms with Crippen molar-refractivity contribution in [1.29, 1.82) is 0 Å². The molecule has 4 heteroatoms. The summed E-state index contributed by atoms with van der Waals surface area (Å²) >= 11 is 0. The van der Waals surface area contributed by atoms with Crippen molar-refractivity contribution in [3.05, 3.63) is 35.9 Å². The van der Waals surface area contributed by atoms with Gasteiger partial charge in [-0.1, -0.05) is 37.3 Å². The highest BCUT2D eigenvalue weighted by Crippen LogP contribution is 2.29. The largest absolute Gasteiger partial charge is 0.481 e. The van der Waals surface area contributed by atoms with Crippen LogP contribution in [0, 0.1) is 0 Å². The lowest BCUT2D eigenvalue weighted by Gasteiger charge is -2.31. The van der Waals surface area contributed by atoms with Gasteiger partial charge in [0.25, 0.3) is 0 Å². The minimum atomic E-state index is -1.20. The van der Waals surface area contributed by atoms with E-state index in [0.29, 0.717) is 12.1 Å². The highest BCUT2D eigenvalue weighted by Gasteiger charge is 2.38. The average molecular weight is 291 g/mol. The quantitative estimate of drug-likeness (QED) is 0.840. The van der Waals surface area contributed by atoms with Crippen LogP contribution in [0.3, 0.4) is 0 Å².